The van der Waals surface area contributed by atoms with E-state index >= 15 is 0 Å². The zero-order valence-corrected chi connectivity index (χ0v) is 12.2. The molecule has 0 heterocycles. The van der Waals surface area contributed by atoms with Crippen molar-refractivity contribution in [3.8, 4) is 0 Å². The van der Waals surface area contributed by atoms with Crippen LogP contribution in [0, 0.1) is 22.7 Å². The van der Waals surface area contributed by atoms with Gasteiger partial charge in [0, 0.05) is 5.92 Å². The Kier molecular flexibility index (Phi) is 3.80. The third kappa shape index (κ3) is 2.25. The average Bonchev–Trinajstić information content (AvgIpc) is 2.64. The molecule has 0 aromatic rings. The summed E-state index contributed by atoms with van der Waals surface area (Å²) < 4.78 is 0. The monoisotopic (exact) mass is 255 g/mol. The second kappa shape index (κ2) is 4.56. The molecule has 18 heavy (non-hydrogen) atoms. The van der Waals surface area contributed by atoms with Crippen molar-refractivity contribution in [3.63, 3.8) is 0 Å². The van der Waals surface area contributed by atoms with Gasteiger partial charge in [0.2, 0.25) is 5.91 Å². The second-order valence-electron chi connectivity index (χ2n) is 6.59. The molecule has 0 radical (unpaired) electrons. The molecular formula is C14H25NO3. The summed E-state index contributed by atoms with van der Waals surface area (Å²) in [5.74, 6) is -1.24. The maximum Gasteiger partial charge on any atom is 0.326 e. The molecule has 1 aliphatic rings. The molecule has 1 amide bonds. The van der Waals surface area contributed by atoms with E-state index in [1.807, 2.05) is 13.8 Å². The smallest absolute Gasteiger partial charge is 0.326 e. The van der Waals surface area contributed by atoms with Crippen LogP contribution in [0.2, 0.25) is 0 Å². The van der Waals surface area contributed by atoms with Crippen LogP contribution in [0.5, 0.6) is 0 Å². The molecular weight excluding hydrogens is 230 g/mol. The topological polar surface area (TPSA) is 66.4 Å². The van der Waals surface area contributed by atoms with Crippen LogP contribution in [0.4, 0.5) is 0 Å². The predicted molar refractivity (Wildman–Crippen MR) is 70.1 cm³/mol. The summed E-state index contributed by atoms with van der Waals surface area (Å²) in [5.41, 5.74) is -0.120. The molecule has 0 aliphatic heterocycles. The summed E-state index contributed by atoms with van der Waals surface area (Å²) >= 11 is 0. The molecule has 1 rings (SSSR count). The summed E-state index contributed by atoms with van der Waals surface area (Å²) in [6.07, 6.45) is 0.731. The normalized spacial score (nSPS) is 24.1. The molecule has 0 bridgehead atoms. The molecule has 4 heteroatoms. The summed E-state index contributed by atoms with van der Waals surface area (Å²) in [5, 5.41) is 11.9. The van der Waals surface area contributed by atoms with Crippen LogP contribution < -0.4 is 5.32 Å². The largest absolute Gasteiger partial charge is 0.480 e. The lowest BCUT2D eigenvalue weighted by Gasteiger charge is -2.20. The molecule has 0 aromatic heterocycles. The van der Waals surface area contributed by atoms with Gasteiger partial charge in [-0.3, -0.25) is 4.79 Å². The molecule has 1 saturated carbocycles. The first kappa shape index (κ1) is 15.0. The number of carbonyl (C=O) groups is 2. The number of carbonyl (C=O) groups excluding carboxylic acids is 1. The Balaban J connectivity index is 2.73. The first-order valence-corrected chi connectivity index (χ1v) is 6.60. The molecule has 0 spiro atoms. The first-order chi connectivity index (χ1) is 8.07. The lowest BCUT2D eigenvalue weighted by atomic mass is 9.98. The number of carboxylic acids is 1. The van der Waals surface area contributed by atoms with E-state index in [2.05, 4.69) is 33.0 Å². The lowest BCUT2D eigenvalue weighted by molar-refractivity contribution is -0.143. The van der Waals surface area contributed by atoms with Gasteiger partial charge in [-0.2, -0.15) is 0 Å². The van der Waals surface area contributed by atoms with Gasteiger partial charge in [-0.1, -0.05) is 48.0 Å². The SMILES string of the molecule is CCC(C)[C@H](NC(=O)C1C(C)(C)C1(C)C)C(=O)O. The van der Waals surface area contributed by atoms with Gasteiger partial charge in [-0.15, -0.1) is 0 Å². The van der Waals surface area contributed by atoms with Gasteiger partial charge in [-0.05, 0) is 16.7 Å². The number of aliphatic carboxylic acids is 1. The molecule has 2 N–H and O–H groups in total. The summed E-state index contributed by atoms with van der Waals surface area (Å²) in [7, 11) is 0. The first-order valence-electron chi connectivity index (χ1n) is 6.60. The Morgan fingerprint density at radius 1 is 1.22 bits per heavy atom. The van der Waals surface area contributed by atoms with Crippen molar-refractivity contribution in [1.82, 2.24) is 5.32 Å². The van der Waals surface area contributed by atoms with Crippen LogP contribution in [0.3, 0.4) is 0 Å². The third-order valence-electron chi connectivity index (χ3n) is 5.06. The minimum absolute atomic E-state index is 0.0589. The van der Waals surface area contributed by atoms with Gasteiger partial charge < -0.3 is 10.4 Å². The molecule has 1 aliphatic carbocycles. The maximum absolute atomic E-state index is 12.2. The van der Waals surface area contributed by atoms with Gasteiger partial charge in [0.1, 0.15) is 6.04 Å². The van der Waals surface area contributed by atoms with Gasteiger partial charge in [-0.25, -0.2) is 4.79 Å². The highest BCUT2D eigenvalue weighted by Gasteiger charge is 2.68. The molecule has 2 atom stereocenters. The predicted octanol–water partition coefficient (Wildman–Crippen LogP) is 2.28. The van der Waals surface area contributed by atoms with E-state index in [1.165, 1.54) is 0 Å². The van der Waals surface area contributed by atoms with Crippen molar-refractivity contribution < 1.29 is 14.7 Å². The maximum atomic E-state index is 12.2. The molecule has 1 fully saturated rings. The Labute approximate surface area is 109 Å². The number of rotatable bonds is 5. The summed E-state index contributed by atoms with van der Waals surface area (Å²) in [6.45, 7) is 12.0. The quantitative estimate of drug-likeness (QED) is 0.792. The van der Waals surface area contributed by atoms with Crippen LogP contribution in [-0.4, -0.2) is 23.0 Å². The van der Waals surface area contributed by atoms with Gasteiger partial charge >= 0.3 is 5.97 Å². The Hall–Kier alpha value is -1.06. The Bertz CT molecular complexity index is 346. The fourth-order valence-corrected chi connectivity index (χ4v) is 2.77. The zero-order valence-electron chi connectivity index (χ0n) is 12.2. The van der Waals surface area contributed by atoms with Crippen molar-refractivity contribution >= 4 is 11.9 Å². The summed E-state index contributed by atoms with van der Waals surface area (Å²) in [6, 6.07) is -0.783. The van der Waals surface area contributed by atoms with Crippen LogP contribution in [0.1, 0.15) is 48.0 Å². The minimum Gasteiger partial charge on any atom is -0.480 e. The highest BCUT2D eigenvalue weighted by atomic mass is 16.4. The standard InChI is InChI=1S/C14H25NO3/c1-7-8(2)9(12(17)18)15-11(16)10-13(3,4)14(10,5)6/h8-10H,7H2,1-6H3,(H,15,16)(H,17,18)/t8?,9-/m0/s1. The molecule has 4 nitrogen and oxygen atoms in total. The fourth-order valence-electron chi connectivity index (χ4n) is 2.77. The molecule has 1 unspecified atom stereocenters. The van der Waals surface area contributed by atoms with Gasteiger partial charge in [0.25, 0.3) is 0 Å². The van der Waals surface area contributed by atoms with E-state index in [1.54, 1.807) is 0 Å². The van der Waals surface area contributed by atoms with E-state index in [4.69, 9.17) is 0 Å². The number of hydrogen-bond donors (Lipinski definition) is 2. The number of amides is 1. The number of hydrogen-bond acceptors (Lipinski definition) is 2. The van der Waals surface area contributed by atoms with Gasteiger partial charge in [0.15, 0.2) is 0 Å². The second-order valence-corrected chi connectivity index (χ2v) is 6.59. The van der Waals surface area contributed by atoms with E-state index < -0.39 is 12.0 Å². The zero-order chi connectivity index (χ0) is 14.3. The minimum atomic E-state index is -0.950. The van der Waals surface area contributed by atoms with Crippen molar-refractivity contribution in [1.29, 1.82) is 0 Å². The highest BCUT2D eigenvalue weighted by molar-refractivity contribution is 5.88. The van der Waals surface area contributed by atoms with Crippen LogP contribution >= 0.6 is 0 Å². The Morgan fingerprint density at radius 2 is 1.67 bits per heavy atom. The molecule has 0 aromatic carbocycles. The van der Waals surface area contributed by atoms with Crippen LogP contribution in [-0.2, 0) is 9.59 Å². The molecule has 0 saturated heterocycles. The van der Waals surface area contributed by atoms with Crippen molar-refractivity contribution in [2.45, 2.75) is 54.0 Å². The van der Waals surface area contributed by atoms with E-state index in [9.17, 15) is 14.7 Å². The molecule has 104 valence electrons. The third-order valence-corrected chi connectivity index (χ3v) is 5.06. The van der Waals surface area contributed by atoms with Crippen LogP contribution in [0.15, 0.2) is 0 Å². The average molecular weight is 255 g/mol. The van der Waals surface area contributed by atoms with E-state index in [-0.39, 0.29) is 28.6 Å². The van der Waals surface area contributed by atoms with Crippen LogP contribution in [0.25, 0.3) is 0 Å². The number of carboxylic acid groups (broad SMARTS) is 1. The van der Waals surface area contributed by atoms with Crippen molar-refractivity contribution in [3.05, 3.63) is 0 Å². The lowest BCUT2D eigenvalue weighted by Crippen LogP contribution is -2.46. The fraction of sp³-hybridized carbons (Fsp3) is 0.857. The Morgan fingerprint density at radius 3 is 1.94 bits per heavy atom. The van der Waals surface area contributed by atoms with Crippen molar-refractivity contribution in [2.75, 3.05) is 0 Å². The van der Waals surface area contributed by atoms with Crippen molar-refractivity contribution in [2.24, 2.45) is 22.7 Å². The summed E-state index contributed by atoms with van der Waals surface area (Å²) in [4.78, 5) is 23.4. The van der Waals surface area contributed by atoms with Gasteiger partial charge in [0.05, 0.1) is 0 Å². The number of nitrogens with one attached hydrogen (secondary N) is 1. The van der Waals surface area contributed by atoms with E-state index in [0.717, 1.165) is 6.42 Å². The van der Waals surface area contributed by atoms with E-state index in [0.29, 0.717) is 0 Å². The highest BCUT2D eigenvalue weighted by Crippen LogP contribution is 2.68.